The Kier molecular flexibility index (Phi) is 4.07. The minimum atomic E-state index is -0.870. The summed E-state index contributed by atoms with van der Waals surface area (Å²) in [7, 11) is 0. The van der Waals surface area contributed by atoms with Gasteiger partial charge in [0.25, 0.3) is 0 Å². The van der Waals surface area contributed by atoms with Crippen molar-refractivity contribution in [3.8, 4) is 0 Å². The van der Waals surface area contributed by atoms with Crippen LogP contribution in [0.1, 0.15) is 15.9 Å². The molecule has 2 aromatic carbocycles. The molecule has 0 N–H and O–H groups in total. The fourth-order valence-electron chi connectivity index (χ4n) is 1.52. The molecule has 2 aromatic rings. The number of carbonyl (C=O) groups excluding carboxylic acids is 1. The van der Waals surface area contributed by atoms with E-state index in [1.807, 2.05) is 0 Å². The molecule has 0 bridgehead atoms. The van der Waals surface area contributed by atoms with Crippen molar-refractivity contribution in [1.29, 1.82) is 0 Å². The highest BCUT2D eigenvalue weighted by atomic mass is 35.5. The van der Waals surface area contributed by atoms with E-state index in [1.165, 1.54) is 6.08 Å². The Labute approximate surface area is 114 Å². The van der Waals surface area contributed by atoms with Crippen LogP contribution in [0.2, 0.25) is 5.02 Å². The molecule has 0 atom stereocenters. The van der Waals surface area contributed by atoms with Gasteiger partial charge < -0.3 is 0 Å². The van der Waals surface area contributed by atoms with Gasteiger partial charge in [-0.2, -0.15) is 0 Å². The van der Waals surface area contributed by atoms with Gasteiger partial charge in [-0.1, -0.05) is 29.8 Å². The molecular weight excluding hydrogens is 270 g/mol. The van der Waals surface area contributed by atoms with Crippen LogP contribution in [0.4, 0.5) is 8.78 Å². The van der Waals surface area contributed by atoms with Crippen molar-refractivity contribution >= 4 is 23.5 Å². The van der Waals surface area contributed by atoms with Crippen molar-refractivity contribution in [2.24, 2.45) is 0 Å². The van der Waals surface area contributed by atoms with Crippen LogP contribution in [0, 0.1) is 11.6 Å². The van der Waals surface area contributed by atoms with E-state index in [4.69, 9.17) is 11.6 Å². The second-order valence-corrected chi connectivity index (χ2v) is 4.31. The van der Waals surface area contributed by atoms with Gasteiger partial charge in [0.1, 0.15) is 11.6 Å². The molecule has 4 heteroatoms. The Morgan fingerprint density at radius 2 is 1.74 bits per heavy atom. The van der Waals surface area contributed by atoms with Crippen molar-refractivity contribution in [2.45, 2.75) is 0 Å². The van der Waals surface area contributed by atoms with Crippen molar-refractivity contribution in [3.63, 3.8) is 0 Å². The third-order valence-electron chi connectivity index (χ3n) is 2.49. The average Bonchev–Trinajstić information content (AvgIpc) is 2.37. The first-order valence-corrected chi connectivity index (χ1v) is 5.87. The quantitative estimate of drug-likeness (QED) is 0.596. The number of halogens is 3. The Morgan fingerprint density at radius 3 is 2.37 bits per heavy atom. The summed E-state index contributed by atoms with van der Waals surface area (Å²) < 4.78 is 26.1. The minimum absolute atomic E-state index is 0.161. The van der Waals surface area contributed by atoms with Gasteiger partial charge in [0.2, 0.25) is 0 Å². The first kappa shape index (κ1) is 13.4. The average molecular weight is 279 g/mol. The van der Waals surface area contributed by atoms with E-state index in [9.17, 15) is 13.6 Å². The van der Waals surface area contributed by atoms with Crippen LogP contribution in [0.3, 0.4) is 0 Å². The van der Waals surface area contributed by atoms with E-state index in [1.54, 1.807) is 30.3 Å². The molecule has 96 valence electrons. The number of allylic oxidation sites excluding steroid dienone is 1. The number of rotatable bonds is 3. The number of hydrogen-bond donors (Lipinski definition) is 0. The monoisotopic (exact) mass is 278 g/mol. The molecule has 2 rings (SSSR count). The maximum Gasteiger partial charge on any atom is 0.188 e. The van der Waals surface area contributed by atoms with Crippen LogP contribution >= 0.6 is 11.6 Å². The Balaban J connectivity index is 2.18. The fraction of sp³-hybridized carbons (Fsp3) is 0. The lowest BCUT2D eigenvalue weighted by molar-refractivity contribution is 0.104. The van der Waals surface area contributed by atoms with Crippen LogP contribution in [-0.2, 0) is 0 Å². The van der Waals surface area contributed by atoms with E-state index in [0.717, 1.165) is 17.7 Å². The lowest BCUT2D eigenvalue weighted by Crippen LogP contribution is -1.99. The highest BCUT2D eigenvalue weighted by Crippen LogP contribution is 2.13. The van der Waals surface area contributed by atoms with Crippen LogP contribution in [-0.4, -0.2) is 5.78 Å². The normalized spacial score (nSPS) is 10.9. The molecule has 0 saturated carbocycles. The van der Waals surface area contributed by atoms with Gasteiger partial charge in [0.05, 0.1) is 5.56 Å². The summed E-state index contributed by atoms with van der Waals surface area (Å²) in [5.41, 5.74) is 0.604. The first-order valence-electron chi connectivity index (χ1n) is 5.49. The predicted molar refractivity (Wildman–Crippen MR) is 71.2 cm³/mol. The molecule has 0 unspecified atom stereocenters. The zero-order chi connectivity index (χ0) is 13.8. The topological polar surface area (TPSA) is 17.1 Å². The van der Waals surface area contributed by atoms with Gasteiger partial charge in [-0.25, -0.2) is 8.78 Å². The third kappa shape index (κ3) is 3.48. The Hall–Kier alpha value is -2.00. The molecule has 0 fully saturated rings. The highest BCUT2D eigenvalue weighted by molar-refractivity contribution is 6.30. The Bertz CT molecular complexity index is 633. The molecule has 0 aromatic heterocycles. The summed E-state index contributed by atoms with van der Waals surface area (Å²) in [6, 6.07) is 9.68. The van der Waals surface area contributed by atoms with E-state index >= 15 is 0 Å². The lowest BCUT2D eigenvalue weighted by atomic mass is 10.1. The fourth-order valence-corrected chi connectivity index (χ4v) is 1.65. The Morgan fingerprint density at radius 1 is 1.05 bits per heavy atom. The molecule has 1 nitrogen and oxygen atoms in total. The van der Waals surface area contributed by atoms with Gasteiger partial charge in [-0.3, -0.25) is 4.79 Å². The van der Waals surface area contributed by atoms with Crippen LogP contribution < -0.4 is 0 Å². The van der Waals surface area contributed by atoms with Gasteiger partial charge in [0, 0.05) is 11.1 Å². The first-order chi connectivity index (χ1) is 9.06. The van der Waals surface area contributed by atoms with Gasteiger partial charge >= 0.3 is 0 Å². The second kappa shape index (κ2) is 5.76. The van der Waals surface area contributed by atoms with E-state index in [0.29, 0.717) is 11.1 Å². The van der Waals surface area contributed by atoms with E-state index in [2.05, 4.69) is 0 Å². The lowest BCUT2D eigenvalue weighted by Gasteiger charge is -1.98. The molecule has 0 amide bonds. The number of hydrogen-bond acceptors (Lipinski definition) is 1. The third-order valence-corrected chi connectivity index (χ3v) is 2.75. The smallest absolute Gasteiger partial charge is 0.188 e. The molecule has 19 heavy (non-hydrogen) atoms. The van der Waals surface area contributed by atoms with Crippen molar-refractivity contribution in [1.82, 2.24) is 0 Å². The summed E-state index contributed by atoms with van der Waals surface area (Å²) in [6.45, 7) is 0. The second-order valence-electron chi connectivity index (χ2n) is 3.87. The van der Waals surface area contributed by atoms with Crippen LogP contribution in [0.15, 0.2) is 48.5 Å². The standard InChI is InChI=1S/C15H9ClF2O/c16-11-4-1-10(2-5-11)3-8-15(19)13-7-6-12(17)9-14(13)18/h1-9H/b8-3+. The van der Waals surface area contributed by atoms with Crippen molar-refractivity contribution < 1.29 is 13.6 Å². The number of carbonyl (C=O) groups is 1. The molecule has 0 spiro atoms. The summed E-state index contributed by atoms with van der Waals surface area (Å²) in [5.74, 6) is -2.10. The van der Waals surface area contributed by atoms with Crippen LogP contribution in [0.25, 0.3) is 6.08 Å². The van der Waals surface area contributed by atoms with Crippen LogP contribution in [0.5, 0.6) is 0 Å². The zero-order valence-corrected chi connectivity index (χ0v) is 10.5. The molecule has 0 saturated heterocycles. The van der Waals surface area contributed by atoms with Crippen molar-refractivity contribution in [3.05, 3.63) is 76.3 Å². The summed E-state index contributed by atoms with van der Waals surface area (Å²) in [4.78, 5) is 11.7. The largest absolute Gasteiger partial charge is 0.289 e. The molecular formula is C15H9ClF2O. The molecule has 0 aliphatic rings. The van der Waals surface area contributed by atoms with Gasteiger partial charge in [-0.15, -0.1) is 0 Å². The van der Waals surface area contributed by atoms with Gasteiger partial charge in [0.15, 0.2) is 5.78 Å². The zero-order valence-electron chi connectivity index (χ0n) is 9.74. The number of ketones is 1. The molecule has 0 aliphatic carbocycles. The minimum Gasteiger partial charge on any atom is -0.289 e. The molecule has 0 radical (unpaired) electrons. The summed E-state index contributed by atoms with van der Waals surface area (Å²) in [6.07, 6.45) is 2.78. The van der Waals surface area contributed by atoms with E-state index < -0.39 is 17.4 Å². The molecule has 0 heterocycles. The SMILES string of the molecule is O=C(/C=C/c1ccc(Cl)cc1)c1ccc(F)cc1F. The predicted octanol–water partition coefficient (Wildman–Crippen LogP) is 4.51. The maximum atomic E-state index is 13.4. The summed E-state index contributed by atoms with van der Waals surface area (Å²) >= 11 is 5.73. The summed E-state index contributed by atoms with van der Waals surface area (Å²) in [5, 5.41) is 0.591. The van der Waals surface area contributed by atoms with E-state index in [-0.39, 0.29) is 5.56 Å². The van der Waals surface area contributed by atoms with Crippen molar-refractivity contribution in [2.75, 3.05) is 0 Å². The highest BCUT2D eigenvalue weighted by Gasteiger charge is 2.09. The maximum absolute atomic E-state index is 13.4. The molecule has 0 aliphatic heterocycles. The number of benzene rings is 2. The van der Waals surface area contributed by atoms with Gasteiger partial charge in [-0.05, 0) is 35.9 Å².